The molecule has 0 spiro atoms. The van der Waals surface area contributed by atoms with Gasteiger partial charge in [0.05, 0.1) is 16.4 Å². The van der Waals surface area contributed by atoms with Crippen LogP contribution in [-0.4, -0.2) is 55.0 Å². The summed E-state index contributed by atoms with van der Waals surface area (Å²) in [6, 6.07) is 2.54. The van der Waals surface area contributed by atoms with Gasteiger partial charge in [0, 0.05) is 45.3 Å². The van der Waals surface area contributed by atoms with Crippen LogP contribution in [0.4, 0.5) is 24.5 Å². The zero-order chi connectivity index (χ0) is 18.2. The summed E-state index contributed by atoms with van der Waals surface area (Å²) >= 11 is 0. The Morgan fingerprint density at radius 1 is 1.19 bits per heavy atom. The maximum Gasteiger partial charge on any atom is 0.416 e. The Hall–Kier alpha value is -2.07. The quantitative estimate of drug-likeness (QED) is 0.626. The largest absolute Gasteiger partial charge is 0.416 e. The Labute approximate surface area is 153 Å². The molecule has 2 heterocycles. The topological polar surface area (TPSA) is 78.7 Å². The number of hydrogen-bond donors (Lipinski definition) is 1. The number of halogens is 4. The first-order chi connectivity index (χ1) is 11.8. The molecule has 1 N–H and O–H groups in total. The molecule has 1 aromatic carbocycles. The molecule has 2 aliphatic rings. The average Bonchev–Trinajstić information content (AvgIpc) is 2.52. The van der Waals surface area contributed by atoms with E-state index in [2.05, 4.69) is 5.32 Å². The number of nitro groups is 1. The van der Waals surface area contributed by atoms with Crippen LogP contribution in [0.3, 0.4) is 0 Å². The van der Waals surface area contributed by atoms with Crippen molar-refractivity contribution >= 4 is 29.7 Å². The Bertz CT molecular complexity index is 689. The monoisotopic (exact) mass is 394 g/mol. The number of nitro benzene ring substituents is 1. The number of anilines is 1. The molecule has 2 fully saturated rings. The number of alkyl halides is 3. The summed E-state index contributed by atoms with van der Waals surface area (Å²) in [5.41, 5.74) is -1.47. The third-order valence-corrected chi connectivity index (χ3v) is 4.56. The summed E-state index contributed by atoms with van der Waals surface area (Å²) in [4.78, 5) is 25.9. The molecular formula is C15H18ClF3N4O3. The minimum Gasteiger partial charge on any atom is -0.362 e. The number of nitrogens with zero attached hydrogens (tertiary/aromatic N) is 3. The first-order valence-corrected chi connectivity index (χ1v) is 7.87. The molecule has 0 saturated carbocycles. The van der Waals surface area contributed by atoms with Gasteiger partial charge in [0.15, 0.2) is 0 Å². The van der Waals surface area contributed by atoms with Gasteiger partial charge in [-0.25, -0.2) is 0 Å². The highest BCUT2D eigenvalue weighted by Gasteiger charge is 2.35. The third-order valence-electron chi connectivity index (χ3n) is 4.56. The van der Waals surface area contributed by atoms with Gasteiger partial charge in [-0.3, -0.25) is 14.9 Å². The van der Waals surface area contributed by atoms with Crippen LogP contribution in [0.2, 0.25) is 0 Å². The number of amides is 1. The van der Waals surface area contributed by atoms with Crippen molar-refractivity contribution in [2.24, 2.45) is 5.92 Å². The Kier molecular flexibility index (Phi) is 5.97. The lowest BCUT2D eigenvalue weighted by Gasteiger charge is -2.39. The molecule has 1 aromatic rings. The summed E-state index contributed by atoms with van der Waals surface area (Å²) in [7, 11) is 0. The van der Waals surface area contributed by atoms with E-state index < -0.39 is 22.4 Å². The molecule has 0 aromatic heterocycles. The predicted molar refractivity (Wildman–Crippen MR) is 90.5 cm³/mol. The summed E-state index contributed by atoms with van der Waals surface area (Å²) in [6.45, 7) is 2.80. The van der Waals surface area contributed by atoms with Gasteiger partial charge in [-0.05, 0) is 12.1 Å². The Balaban J connectivity index is 0.00000243. The van der Waals surface area contributed by atoms with E-state index in [0.717, 1.165) is 12.1 Å². The molecule has 0 aliphatic carbocycles. The SMILES string of the molecule is Cl.O=C(C1CNC1)N1CCN(c2ccc(C(F)(F)F)cc2[N+](=O)[O-])CC1. The lowest BCUT2D eigenvalue weighted by Crippen LogP contribution is -2.56. The molecule has 3 rings (SSSR count). The highest BCUT2D eigenvalue weighted by atomic mass is 35.5. The molecule has 0 unspecified atom stereocenters. The van der Waals surface area contributed by atoms with E-state index in [-0.39, 0.29) is 29.9 Å². The fourth-order valence-corrected chi connectivity index (χ4v) is 3.00. The number of rotatable bonds is 3. The second-order valence-electron chi connectivity index (χ2n) is 6.13. The summed E-state index contributed by atoms with van der Waals surface area (Å²) in [6.07, 6.45) is -4.63. The van der Waals surface area contributed by atoms with Crippen molar-refractivity contribution in [2.75, 3.05) is 44.2 Å². The molecule has 7 nitrogen and oxygen atoms in total. The zero-order valence-electron chi connectivity index (χ0n) is 13.7. The smallest absolute Gasteiger partial charge is 0.362 e. The van der Waals surface area contributed by atoms with Crippen molar-refractivity contribution in [3.63, 3.8) is 0 Å². The molecule has 11 heteroatoms. The van der Waals surface area contributed by atoms with E-state index in [4.69, 9.17) is 0 Å². The van der Waals surface area contributed by atoms with Gasteiger partial charge in [0.25, 0.3) is 5.69 Å². The lowest BCUT2D eigenvalue weighted by atomic mass is 10.0. The predicted octanol–water partition coefficient (Wildman–Crippen LogP) is 1.90. The maximum atomic E-state index is 12.8. The first-order valence-electron chi connectivity index (χ1n) is 7.87. The van der Waals surface area contributed by atoms with Gasteiger partial charge in [-0.15, -0.1) is 12.4 Å². The van der Waals surface area contributed by atoms with Crippen molar-refractivity contribution in [3.05, 3.63) is 33.9 Å². The van der Waals surface area contributed by atoms with Crippen LogP contribution >= 0.6 is 12.4 Å². The van der Waals surface area contributed by atoms with Crippen molar-refractivity contribution in [2.45, 2.75) is 6.18 Å². The van der Waals surface area contributed by atoms with Gasteiger partial charge in [0.1, 0.15) is 5.69 Å². The maximum absolute atomic E-state index is 12.8. The number of carbonyl (C=O) groups is 1. The molecule has 0 radical (unpaired) electrons. The van der Waals surface area contributed by atoms with E-state index in [1.165, 1.54) is 0 Å². The van der Waals surface area contributed by atoms with E-state index in [1.807, 2.05) is 0 Å². The van der Waals surface area contributed by atoms with Gasteiger partial charge in [-0.1, -0.05) is 0 Å². The van der Waals surface area contributed by atoms with E-state index in [9.17, 15) is 28.1 Å². The number of carbonyl (C=O) groups excluding carboxylic acids is 1. The van der Waals surface area contributed by atoms with Gasteiger partial charge < -0.3 is 15.1 Å². The molecule has 0 atom stereocenters. The van der Waals surface area contributed by atoms with Crippen molar-refractivity contribution < 1.29 is 22.9 Å². The highest BCUT2D eigenvalue weighted by molar-refractivity contribution is 5.85. The number of nitrogens with one attached hydrogen (secondary N) is 1. The van der Waals surface area contributed by atoms with Gasteiger partial charge in [0.2, 0.25) is 5.91 Å². The highest BCUT2D eigenvalue weighted by Crippen LogP contribution is 2.36. The minimum absolute atomic E-state index is 0. The Morgan fingerprint density at radius 2 is 1.81 bits per heavy atom. The number of hydrogen-bond acceptors (Lipinski definition) is 5. The molecule has 2 aliphatic heterocycles. The molecule has 26 heavy (non-hydrogen) atoms. The minimum atomic E-state index is -4.63. The summed E-state index contributed by atoms with van der Waals surface area (Å²) in [5.74, 6) is 0.0345. The van der Waals surface area contributed by atoms with Gasteiger partial charge in [-0.2, -0.15) is 13.2 Å². The molecule has 2 saturated heterocycles. The molecule has 0 bridgehead atoms. The van der Waals surface area contributed by atoms with Crippen molar-refractivity contribution in [1.82, 2.24) is 10.2 Å². The second-order valence-corrected chi connectivity index (χ2v) is 6.13. The summed E-state index contributed by atoms with van der Waals surface area (Å²) < 4.78 is 38.3. The standard InChI is InChI=1S/C15H17F3N4O3.ClH/c16-15(17,18)11-1-2-12(13(7-11)22(24)25)20-3-5-21(6-4-20)14(23)10-8-19-9-10;/h1-2,7,10,19H,3-6,8-9H2;1H. The van der Waals surface area contributed by atoms with Crippen LogP contribution in [0.25, 0.3) is 0 Å². The third kappa shape index (κ3) is 4.01. The second kappa shape index (κ2) is 7.67. The number of piperazine rings is 1. The summed E-state index contributed by atoms with van der Waals surface area (Å²) in [5, 5.41) is 14.2. The van der Waals surface area contributed by atoms with Crippen LogP contribution in [0.15, 0.2) is 18.2 Å². The molecule has 1 amide bonds. The van der Waals surface area contributed by atoms with Gasteiger partial charge >= 0.3 is 6.18 Å². The van der Waals surface area contributed by atoms with Crippen molar-refractivity contribution in [1.29, 1.82) is 0 Å². The van der Waals surface area contributed by atoms with E-state index >= 15 is 0 Å². The number of benzene rings is 1. The molecule has 144 valence electrons. The van der Waals surface area contributed by atoms with Crippen LogP contribution in [0.5, 0.6) is 0 Å². The lowest BCUT2D eigenvalue weighted by molar-refractivity contribution is -0.384. The van der Waals surface area contributed by atoms with Crippen molar-refractivity contribution in [3.8, 4) is 0 Å². The average molecular weight is 395 g/mol. The van der Waals surface area contributed by atoms with E-state index in [0.29, 0.717) is 45.3 Å². The fraction of sp³-hybridized carbons (Fsp3) is 0.533. The van der Waals surface area contributed by atoms with Crippen LogP contribution in [-0.2, 0) is 11.0 Å². The van der Waals surface area contributed by atoms with Crippen LogP contribution in [0.1, 0.15) is 5.56 Å². The van der Waals surface area contributed by atoms with E-state index in [1.54, 1.807) is 9.80 Å². The Morgan fingerprint density at radius 3 is 2.27 bits per heavy atom. The van der Waals surface area contributed by atoms with Crippen LogP contribution in [0, 0.1) is 16.0 Å². The first kappa shape index (κ1) is 20.2. The van der Waals surface area contributed by atoms with Crippen LogP contribution < -0.4 is 10.2 Å². The fourth-order valence-electron chi connectivity index (χ4n) is 3.00. The zero-order valence-corrected chi connectivity index (χ0v) is 14.5. The molecular weight excluding hydrogens is 377 g/mol. The normalized spacial score (nSPS) is 18.1.